The van der Waals surface area contributed by atoms with E-state index in [0.29, 0.717) is 6.42 Å². The number of hydrogen-bond donors (Lipinski definition) is 3. The fourth-order valence-electron chi connectivity index (χ4n) is 1.98. The van der Waals surface area contributed by atoms with Crippen LogP contribution in [0, 0.1) is 5.92 Å². The molecule has 106 valence electrons. The van der Waals surface area contributed by atoms with Crippen molar-refractivity contribution in [2.75, 3.05) is 13.2 Å². The quantitative estimate of drug-likeness (QED) is 0.663. The summed E-state index contributed by atoms with van der Waals surface area (Å²) in [5.41, 5.74) is 0. The minimum Gasteiger partial charge on any atom is -0.449 e. The minimum absolute atomic E-state index is 0.104. The Labute approximate surface area is 107 Å². The monoisotopic (exact) mass is 280 g/mol. The number of hydrogen-bond acceptors (Lipinski definition) is 5. The normalized spacial score (nSPS) is 24.6. The summed E-state index contributed by atoms with van der Waals surface area (Å²) >= 11 is 0. The van der Waals surface area contributed by atoms with Gasteiger partial charge in [0.05, 0.1) is 12.7 Å². The van der Waals surface area contributed by atoms with E-state index in [1.165, 1.54) is 0 Å². The van der Waals surface area contributed by atoms with Crippen LogP contribution in [0.5, 0.6) is 0 Å². The topological polar surface area (TPSA) is 105 Å². The molecule has 18 heavy (non-hydrogen) atoms. The lowest BCUT2D eigenvalue weighted by molar-refractivity contribution is 0.102. The van der Waals surface area contributed by atoms with Gasteiger partial charge in [-0.3, -0.25) is 0 Å². The van der Waals surface area contributed by atoms with Crippen LogP contribution in [0.15, 0.2) is 0 Å². The lowest BCUT2D eigenvalue weighted by Gasteiger charge is -2.25. The third-order valence-electron chi connectivity index (χ3n) is 2.81. The summed E-state index contributed by atoms with van der Waals surface area (Å²) < 4.78 is 31.4. The van der Waals surface area contributed by atoms with Crippen LogP contribution in [0.3, 0.4) is 0 Å². The van der Waals surface area contributed by atoms with Crippen LogP contribution in [0.1, 0.15) is 32.6 Å². The van der Waals surface area contributed by atoms with Crippen molar-refractivity contribution in [1.82, 2.24) is 9.44 Å². The molecule has 1 aliphatic rings. The van der Waals surface area contributed by atoms with Gasteiger partial charge in [-0.15, -0.1) is 0 Å². The summed E-state index contributed by atoms with van der Waals surface area (Å²) in [6.07, 6.45) is 1.77. The van der Waals surface area contributed by atoms with Crippen LogP contribution >= 0.6 is 0 Å². The number of aliphatic hydroxyl groups is 1. The first-order chi connectivity index (χ1) is 8.43. The van der Waals surface area contributed by atoms with Crippen LogP contribution in [-0.2, 0) is 14.9 Å². The largest absolute Gasteiger partial charge is 0.449 e. The van der Waals surface area contributed by atoms with Gasteiger partial charge in [0.25, 0.3) is 0 Å². The molecule has 0 bridgehead atoms. The summed E-state index contributed by atoms with van der Waals surface area (Å²) in [6.45, 7) is 1.91. The molecule has 0 radical (unpaired) electrons. The molecule has 3 N–H and O–H groups in total. The third kappa shape index (κ3) is 5.65. The van der Waals surface area contributed by atoms with E-state index >= 15 is 0 Å². The highest BCUT2D eigenvalue weighted by molar-refractivity contribution is 7.88. The maximum Gasteiger partial charge on any atom is 0.421 e. The molecule has 2 unspecified atom stereocenters. The smallest absolute Gasteiger partial charge is 0.421 e. The maximum atomic E-state index is 11.5. The van der Waals surface area contributed by atoms with E-state index in [0.717, 1.165) is 19.3 Å². The Balaban J connectivity index is 2.34. The van der Waals surface area contributed by atoms with Gasteiger partial charge < -0.3 is 9.84 Å². The standard InChI is InChI=1S/C10H20N2O5S/c1-2-17-10(14)12-18(15,16)11-7-8-4-3-5-9(13)6-8/h8-9,11,13H,2-7H2,1H3,(H,12,14). The first-order valence-electron chi connectivity index (χ1n) is 6.05. The van der Waals surface area contributed by atoms with Crippen molar-refractivity contribution in [3.63, 3.8) is 0 Å². The Bertz CT molecular complexity index is 370. The molecule has 0 saturated heterocycles. The molecule has 1 rings (SSSR count). The molecule has 7 nitrogen and oxygen atoms in total. The van der Waals surface area contributed by atoms with E-state index in [-0.39, 0.29) is 25.2 Å². The van der Waals surface area contributed by atoms with Crippen molar-refractivity contribution >= 4 is 16.3 Å². The predicted molar refractivity (Wildman–Crippen MR) is 65.0 cm³/mol. The maximum absolute atomic E-state index is 11.5. The molecular weight excluding hydrogens is 260 g/mol. The van der Waals surface area contributed by atoms with Crippen molar-refractivity contribution in [2.24, 2.45) is 5.92 Å². The van der Waals surface area contributed by atoms with Gasteiger partial charge in [0.15, 0.2) is 0 Å². The van der Waals surface area contributed by atoms with Crippen LogP contribution in [0.4, 0.5) is 4.79 Å². The number of rotatable bonds is 5. The Morgan fingerprint density at radius 3 is 2.78 bits per heavy atom. The van der Waals surface area contributed by atoms with Gasteiger partial charge in [-0.05, 0) is 32.1 Å². The number of ether oxygens (including phenoxy) is 1. The van der Waals surface area contributed by atoms with Gasteiger partial charge in [0.1, 0.15) is 0 Å². The fraction of sp³-hybridized carbons (Fsp3) is 0.900. The van der Waals surface area contributed by atoms with E-state index in [2.05, 4.69) is 9.46 Å². The number of nitrogens with one attached hydrogen (secondary N) is 2. The molecule has 0 aromatic heterocycles. The van der Waals surface area contributed by atoms with Crippen LogP contribution in [-0.4, -0.2) is 38.9 Å². The van der Waals surface area contributed by atoms with Crippen molar-refractivity contribution < 1.29 is 23.1 Å². The van der Waals surface area contributed by atoms with Gasteiger partial charge in [0, 0.05) is 6.54 Å². The number of carbonyl (C=O) groups excluding carboxylic acids is 1. The SMILES string of the molecule is CCOC(=O)NS(=O)(=O)NCC1CCCC(O)C1. The van der Waals surface area contributed by atoms with Crippen LogP contribution in [0.25, 0.3) is 0 Å². The molecule has 1 fully saturated rings. The van der Waals surface area contributed by atoms with Crippen molar-refractivity contribution in [3.05, 3.63) is 0 Å². The second-order valence-electron chi connectivity index (χ2n) is 4.36. The predicted octanol–water partition coefficient (Wildman–Crippen LogP) is 0.118. The van der Waals surface area contributed by atoms with Crippen molar-refractivity contribution in [2.45, 2.75) is 38.7 Å². The third-order valence-corrected chi connectivity index (χ3v) is 3.79. The zero-order valence-electron chi connectivity index (χ0n) is 10.4. The average molecular weight is 280 g/mol. The lowest BCUT2D eigenvalue weighted by Crippen LogP contribution is -2.43. The van der Waals surface area contributed by atoms with Crippen molar-refractivity contribution in [3.8, 4) is 0 Å². The number of aliphatic hydroxyl groups excluding tert-OH is 1. The fourth-order valence-corrected chi connectivity index (χ4v) is 2.79. The summed E-state index contributed by atoms with van der Waals surface area (Å²) in [4.78, 5) is 11.0. The molecule has 1 aliphatic carbocycles. The van der Waals surface area contributed by atoms with E-state index < -0.39 is 16.3 Å². The summed E-state index contributed by atoms with van der Waals surface area (Å²) in [7, 11) is -3.88. The Hall–Kier alpha value is -0.860. The van der Waals surface area contributed by atoms with Gasteiger partial charge >= 0.3 is 16.3 Å². The number of carbonyl (C=O) groups is 1. The van der Waals surface area contributed by atoms with E-state index in [4.69, 9.17) is 0 Å². The summed E-state index contributed by atoms with van der Waals surface area (Å²) in [5.74, 6) is 0.104. The molecule has 0 heterocycles. The first kappa shape index (κ1) is 15.2. The Morgan fingerprint density at radius 2 is 2.17 bits per heavy atom. The lowest BCUT2D eigenvalue weighted by atomic mass is 9.87. The molecule has 0 aliphatic heterocycles. The van der Waals surface area contributed by atoms with E-state index in [1.807, 2.05) is 0 Å². The molecular formula is C10H20N2O5S. The van der Waals surface area contributed by atoms with E-state index in [1.54, 1.807) is 11.6 Å². The highest BCUT2D eigenvalue weighted by Gasteiger charge is 2.22. The highest BCUT2D eigenvalue weighted by atomic mass is 32.2. The molecule has 1 amide bonds. The van der Waals surface area contributed by atoms with Crippen molar-refractivity contribution in [1.29, 1.82) is 0 Å². The van der Waals surface area contributed by atoms with Gasteiger partial charge in [-0.2, -0.15) is 13.1 Å². The second kappa shape index (κ2) is 6.91. The van der Waals surface area contributed by atoms with Gasteiger partial charge in [-0.25, -0.2) is 9.52 Å². The molecule has 2 atom stereocenters. The first-order valence-corrected chi connectivity index (χ1v) is 7.53. The van der Waals surface area contributed by atoms with Crippen LogP contribution in [0.2, 0.25) is 0 Å². The summed E-state index contributed by atoms with van der Waals surface area (Å²) in [5, 5.41) is 9.46. The number of amides is 1. The van der Waals surface area contributed by atoms with Gasteiger partial charge in [-0.1, -0.05) is 6.42 Å². The average Bonchev–Trinajstić information content (AvgIpc) is 2.26. The van der Waals surface area contributed by atoms with Crippen LogP contribution < -0.4 is 9.44 Å². The zero-order valence-corrected chi connectivity index (χ0v) is 11.2. The van der Waals surface area contributed by atoms with Gasteiger partial charge in [0.2, 0.25) is 0 Å². The summed E-state index contributed by atoms with van der Waals surface area (Å²) in [6, 6.07) is 0. The molecule has 1 saturated carbocycles. The molecule has 8 heteroatoms. The molecule has 0 aromatic rings. The van der Waals surface area contributed by atoms with E-state index in [9.17, 15) is 18.3 Å². The Morgan fingerprint density at radius 1 is 1.44 bits per heavy atom. The zero-order chi connectivity index (χ0) is 13.6. The molecule has 0 aromatic carbocycles. The minimum atomic E-state index is -3.88. The second-order valence-corrected chi connectivity index (χ2v) is 5.86. The highest BCUT2D eigenvalue weighted by Crippen LogP contribution is 2.23. The molecule has 0 spiro atoms. The Kier molecular flexibility index (Phi) is 5.83.